The smallest absolute Gasteiger partial charge is 0.250 e. The molecule has 0 saturated carbocycles. The molecule has 0 atom stereocenters. The SMILES string of the molecule is CCCOc1ccc(C=Cc2nc(C(Cl)(Cl)Cl)nc(C(Cl)(Cl)Cl)n2)cc1OC. The Morgan fingerprint density at radius 2 is 1.50 bits per heavy atom. The van der Waals surface area contributed by atoms with E-state index in [1.807, 2.05) is 13.0 Å². The Labute approximate surface area is 192 Å². The van der Waals surface area contributed by atoms with E-state index in [-0.39, 0.29) is 17.5 Å². The van der Waals surface area contributed by atoms with E-state index >= 15 is 0 Å². The van der Waals surface area contributed by atoms with Gasteiger partial charge in [-0.25, -0.2) is 15.0 Å². The molecule has 2 aromatic rings. The second kappa shape index (κ2) is 9.88. The largest absolute Gasteiger partial charge is 0.493 e. The van der Waals surface area contributed by atoms with Gasteiger partial charge in [-0.15, -0.1) is 0 Å². The lowest BCUT2D eigenvalue weighted by atomic mass is 10.2. The quantitative estimate of drug-likeness (QED) is 0.420. The minimum absolute atomic E-state index is 0.155. The Kier molecular flexibility index (Phi) is 8.32. The molecule has 1 aromatic carbocycles. The van der Waals surface area contributed by atoms with E-state index < -0.39 is 7.59 Å². The maximum atomic E-state index is 5.86. The Bertz CT molecular complexity index is 818. The van der Waals surface area contributed by atoms with E-state index in [9.17, 15) is 0 Å². The highest BCUT2D eigenvalue weighted by atomic mass is 35.6. The number of aromatic nitrogens is 3. The molecule has 28 heavy (non-hydrogen) atoms. The first-order chi connectivity index (χ1) is 13.0. The molecule has 0 bridgehead atoms. The molecule has 0 unspecified atom stereocenters. The van der Waals surface area contributed by atoms with Gasteiger partial charge in [0, 0.05) is 0 Å². The first kappa shape index (κ1) is 23.6. The van der Waals surface area contributed by atoms with Crippen LogP contribution in [-0.4, -0.2) is 28.7 Å². The topological polar surface area (TPSA) is 57.1 Å². The zero-order valence-electron chi connectivity index (χ0n) is 14.7. The number of rotatable bonds is 6. The van der Waals surface area contributed by atoms with E-state index in [0.29, 0.717) is 18.1 Å². The van der Waals surface area contributed by atoms with Gasteiger partial charge in [0.2, 0.25) is 7.59 Å². The van der Waals surface area contributed by atoms with E-state index in [2.05, 4.69) is 15.0 Å². The van der Waals surface area contributed by atoms with Crippen molar-refractivity contribution in [3.63, 3.8) is 0 Å². The minimum atomic E-state index is -1.91. The van der Waals surface area contributed by atoms with Gasteiger partial charge in [-0.1, -0.05) is 88.7 Å². The molecule has 0 aliphatic rings. The molecular formula is C17H15Cl6N3O2. The number of halogens is 6. The number of hydrogen-bond acceptors (Lipinski definition) is 5. The maximum Gasteiger partial charge on any atom is 0.250 e. The predicted molar refractivity (Wildman–Crippen MR) is 116 cm³/mol. The van der Waals surface area contributed by atoms with Gasteiger partial charge >= 0.3 is 0 Å². The summed E-state index contributed by atoms with van der Waals surface area (Å²) in [6, 6.07) is 5.45. The summed E-state index contributed by atoms with van der Waals surface area (Å²) in [7, 11) is 1.56. The van der Waals surface area contributed by atoms with Crippen molar-refractivity contribution in [1.29, 1.82) is 0 Å². The first-order valence-corrected chi connectivity index (χ1v) is 10.2. The van der Waals surface area contributed by atoms with Gasteiger partial charge in [-0.2, -0.15) is 0 Å². The highest BCUT2D eigenvalue weighted by Gasteiger charge is 2.33. The van der Waals surface area contributed by atoms with Crippen LogP contribution in [0.25, 0.3) is 12.2 Å². The van der Waals surface area contributed by atoms with Gasteiger partial charge in [0.1, 0.15) is 0 Å². The summed E-state index contributed by atoms with van der Waals surface area (Å²) >= 11 is 35.2. The van der Waals surface area contributed by atoms with Crippen molar-refractivity contribution in [2.75, 3.05) is 13.7 Å². The van der Waals surface area contributed by atoms with Crippen LogP contribution < -0.4 is 9.47 Å². The van der Waals surface area contributed by atoms with Crippen molar-refractivity contribution < 1.29 is 9.47 Å². The molecule has 2 rings (SSSR count). The molecule has 0 saturated heterocycles. The second-order valence-electron chi connectivity index (χ2n) is 5.43. The van der Waals surface area contributed by atoms with Crippen LogP contribution in [0.15, 0.2) is 18.2 Å². The minimum Gasteiger partial charge on any atom is -0.493 e. The number of alkyl halides is 6. The Morgan fingerprint density at radius 3 is 2.00 bits per heavy atom. The number of benzene rings is 1. The summed E-state index contributed by atoms with van der Waals surface area (Å²) in [5, 5.41) is 0. The highest BCUT2D eigenvalue weighted by Crippen LogP contribution is 2.40. The van der Waals surface area contributed by atoms with Crippen LogP contribution in [0.1, 0.15) is 36.4 Å². The number of methoxy groups -OCH3 is 1. The molecule has 5 nitrogen and oxygen atoms in total. The third-order valence-electron chi connectivity index (χ3n) is 3.23. The average molecular weight is 506 g/mol. The summed E-state index contributed by atoms with van der Waals surface area (Å²) in [5.41, 5.74) is 0.798. The molecule has 0 fully saturated rings. The number of hydrogen-bond donors (Lipinski definition) is 0. The van der Waals surface area contributed by atoms with Crippen LogP contribution >= 0.6 is 69.6 Å². The molecule has 0 N–H and O–H groups in total. The molecule has 0 amide bonds. The summed E-state index contributed by atoms with van der Waals surface area (Å²) < 4.78 is 7.18. The molecular weight excluding hydrogens is 491 g/mol. The third kappa shape index (κ3) is 6.68. The lowest BCUT2D eigenvalue weighted by Crippen LogP contribution is -2.16. The summed E-state index contributed by atoms with van der Waals surface area (Å²) in [6.07, 6.45) is 4.19. The van der Waals surface area contributed by atoms with Crippen molar-refractivity contribution in [3.8, 4) is 11.5 Å². The predicted octanol–water partition coefficient (Wildman–Crippen LogP) is 6.49. The first-order valence-electron chi connectivity index (χ1n) is 7.94. The van der Waals surface area contributed by atoms with Crippen molar-refractivity contribution in [2.45, 2.75) is 20.9 Å². The van der Waals surface area contributed by atoms with Gasteiger partial charge in [-0.05, 0) is 30.2 Å². The average Bonchev–Trinajstić information content (AvgIpc) is 2.63. The summed E-state index contributed by atoms with van der Waals surface area (Å²) in [5.74, 6) is 1.08. The van der Waals surface area contributed by atoms with Crippen LogP contribution in [0.3, 0.4) is 0 Å². The lowest BCUT2D eigenvalue weighted by Gasteiger charge is -2.14. The van der Waals surface area contributed by atoms with Crippen molar-refractivity contribution >= 4 is 81.8 Å². The summed E-state index contributed by atoms with van der Waals surface area (Å²) in [6.45, 7) is 2.62. The molecule has 1 heterocycles. The maximum absolute atomic E-state index is 5.86. The highest BCUT2D eigenvalue weighted by molar-refractivity contribution is 6.67. The van der Waals surface area contributed by atoms with E-state index in [1.54, 1.807) is 31.4 Å². The molecule has 0 aliphatic carbocycles. The van der Waals surface area contributed by atoms with Gasteiger partial charge in [0.25, 0.3) is 0 Å². The van der Waals surface area contributed by atoms with Crippen molar-refractivity contribution in [1.82, 2.24) is 15.0 Å². The molecule has 1 aromatic heterocycles. The standard InChI is InChI=1S/C17H15Cl6N3O2/c1-3-8-28-11-6-4-10(9-12(11)27-2)5-7-13-24-14(16(18,19)20)26-15(25-13)17(21,22)23/h4-7,9H,3,8H2,1-2H3. The van der Waals surface area contributed by atoms with Crippen LogP contribution in [0.2, 0.25) is 0 Å². The van der Waals surface area contributed by atoms with Gasteiger partial charge in [0.05, 0.1) is 13.7 Å². The fourth-order valence-corrected chi connectivity index (χ4v) is 2.52. The monoisotopic (exact) mass is 503 g/mol. The van der Waals surface area contributed by atoms with Crippen molar-refractivity contribution in [2.24, 2.45) is 0 Å². The molecule has 0 aliphatic heterocycles. The Balaban J connectivity index is 2.37. The van der Waals surface area contributed by atoms with E-state index in [1.165, 1.54) is 0 Å². The zero-order chi connectivity index (χ0) is 20.9. The van der Waals surface area contributed by atoms with Crippen LogP contribution in [-0.2, 0) is 7.59 Å². The second-order valence-corrected chi connectivity index (χ2v) is 9.99. The Hall–Kier alpha value is -0.690. The van der Waals surface area contributed by atoms with Gasteiger partial charge < -0.3 is 9.47 Å². The van der Waals surface area contributed by atoms with Crippen molar-refractivity contribution in [3.05, 3.63) is 41.2 Å². The van der Waals surface area contributed by atoms with Gasteiger partial charge in [0.15, 0.2) is 29.0 Å². The van der Waals surface area contributed by atoms with E-state index in [0.717, 1.165) is 12.0 Å². The molecule has 0 spiro atoms. The lowest BCUT2D eigenvalue weighted by molar-refractivity contribution is 0.294. The van der Waals surface area contributed by atoms with Crippen LogP contribution in [0.5, 0.6) is 11.5 Å². The molecule has 11 heteroatoms. The number of nitrogens with zero attached hydrogens (tertiary/aromatic N) is 3. The third-order valence-corrected chi connectivity index (χ3v) is 4.25. The van der Waals surface area contributed by atoms with Crippen LogP contribution in [0.4, 0.5) is 0 Å². The molecule has 0 radical (unpaired) electrons. The fraction of sp³-hybridized carbons (Fsp3) is 0.353. The van der Waals surface area contributed by atoms with Gasteiger partial charge in [-0.3, -0.25) is 0 Å². The Morgan fingerprint density at radius 1 is 0.893 bits per heavy atom. The molecule has 152 valence electrons. The number of ether oxygens (including phenoxy) is 2. The summed E-state index contributed by atoms with van der Waals surface area (Å²) in [4.78, 5) is 12.1. The normalized spacial score (nSPS) is 12.4. The zero-order valence-corrected chi connectivity index (χ0v) is 19.3. The fourth-order valence-electron chi connectivity index (χ4n) is 2.01. The van der Waals surface area contributed by atoms with Crippen LogP contribution in [0, 0.1) is 0 Å². The van der Waals surface area contributed by atoms with E-state index in [4.69, 9.17) is 79.1 Å².